The average molecular weight is 401 g/mol. The molecule has 7 nitrogen and oxygen atoms in total. The van der Waals surface area contributed by atoms with Gasteiger partial charge in [-0.05, 0) is 43.4 Å². The molecule has 2 aromatic rings. The molecule has 8 heteroatoms. The fourth-order valence-corrected chi connectivity index (χ4v) is 4.84. The number of hydrogen-bond donors (Lipinski definition) is 0. The monoisotopic (exact) mass is 400 g/mol. The first-order valence-electron chi connectivity index (χ1n) is 9.92. The number of benzene rings is 1. The quantitative estimate of drug-likeness (QED) is 0.719. The number of fused-ring (bicyclic) bond motifs is 1. The summed E-state index contributed by atoms with van der Waals surface area (Å²) in [7, 11) is 1.99. The number of carbonyl (C=O) groups excluding carboxylic acids is 1. The van der Waals surface area contributed by atoms with Gasteiger partial charge in [-0.3, -0.25) is 4.79 Å². The van der Waals surface area contributed by atoms with E-state index in [1.165, 1.54) is 24.6 Å². The summed E-state index contributed by atoms with van der Waals surface area (Å²) < 4.78 is 13.4. The molecule has 148 valence electrons. The van der Waals surface area contributed by atoms with Gasteiger partial charge in [0.2, 0.25) is 5.91 Å². The first-order valence-corrected chi connectivity index (χ1v) is 10.9. The molecule has 0 radical (unpaired) electrons. The summed E-state index contributed by atoms with van der Waals surface area (Å²) in [5, 5.41) is 9.40. The van der Waals surface area contributed by atoms with Crippen molar-refractivity contribution in [1.29, 1.82) is 0 Å². The Kier molecular flexibility index (Phi) is 4.66. The van der Waals surface area contributed by atoms with Gasteiger partial charge in [-0.1, -0.05) is 17.8 Å². The average Bonchev–Trinajstić information content (AvgIpc) is 3.32. The Morgan fingerprint density at radius 1 is 1.18 bits per heavy atom. The molecule has 1 saturated carbocycles. The van der Waals surface area contributed by atoms with E-state index in [9.17, 15) is 4.79 Å². The lowest BCUT2D eigenvalue weighted by molar-refractivity contribution is -0.129. The van der Waals surface area contributed by atoms with Crippen LogP contribution >= 0.6 is 11.8 Å². The lowest BCUT2D eigenvalue weighted by Crippen LogP contribution is -2.32. The van der Waals surface area contributed by atoms with Crippen molar-refractivity contribution in [1.82, 2.24) is 19.7 Å². The zero-order valence-electron chi connectivity index (χ0n) is 16.0. The maximum atomic E-state index is 12.9. The SMILES string of the molecule is Cn1c(SCC(=O)N2CCCC2c2ccc3c(c2)OCCO3)nnc1C1CC1. The highest BCUT2D eigenvalue weighted by Crippen LogP contribution is 2.40. The summed E-state index contributed by atoms with van der Waals surface area (Å²) >= 11 is 1.48. The number of rotatable bonds is 5. The van der Waals surface area contributed by atoms with Crippen LogP contribution in [0, 0.1) is 0 Å². The van der Waals surface area contributed by atoms with Crippen LogP contribution in [-0.2, 0) is 11.8 Å². The van der Waals surface area contributed by atoms with Gasteiger partial charge in [-0.15, -0.1) is 10.2 Å². The molecular weight excluding hydrogens is 376 g/mol. The highest BCUT2D eigenvalue weighted by atomic mass is 32.2. The Morgan fingerprint density at radius 3 is 2.82 bits per heavy atom. The minimum Gasteiger partial charge on any atom is -0.486 e. The second-order valence-corrected chi connectivity index (χ2v) is 8.55. The molecule has 28 heavy (non-hydrogen) atoms. The smallest absolute Gasteiger partial charge is 0.233 e. The molecule has 2 aliphatic heterocycles. The van der Waals surface area contributed by atoms with E-state index in [1.807, 2.05) is 28.6 Å². The molecule has 1 aromatic carbocycles. The molecule has 1 unspecified atom stereocenters. The fourth-order valence-electron chi connectivity index (χ4n) is 4.04. The zero-order valence-corrected chi connectivity index (χ0v) is 16.8. The first kappa shape index (κ1) is 17.8. The Bertz CT molecular complexity index is 896. The van der Waals surface area contributed by atoms with Crippen molar-refractivity contribution in [2.45, 2.75) is 42.8 Å². The van der Waals surface area contributed by atoms with Gasteiger partial charge in [-0.2, -0.15) is 0 Å². The van der Waals surface area contributed by atoms with E-state index in [-0.39, 0.29) is 11.9 Å². The molecule has 0 bridgehead atoms. The Morgan fingerprint density at radius 2 is 2.00 bits per heavy atom. The molecule has 5 rings (SSSR count). The van der Waals surface area contributed by atoms with Crippen LogP contribution in [0.1, 0.15) is 49.0 Å². The maximum Gasteiger partial charge on any atom is 0.233 e. The second-order valence-electron chi connectivity index (χ2n) is 7.61. The lowest BCUT2D eigenvalue weighted by Gasteiger charge is -2.26. The van der Waals surface area contributed by atoms with E-state index in [2.05, 4.69) is 16.3 Å². The molecule has 0 N–H and O–H groups in total. The van der Waals surface area contributed by atoms with E-state index in [0.717, 1.165) is 47.4 Å². The Balaban J connectivity index is 1.26. The van der Waals surface area contributed by atoms with E-state index in [1.54, 1.807) is 0 Å². The van der Waals surface area contributed by atoms with Crippen LogP contribution in [-0.4, -0.2) is 51.1 Å². The standard InChI is InChI=1S/C20H24N4O3S/c1-23-19(13-4-5-13)21-22-20(23)28-12-18(25)24-8-2-3-15(24)14-6-7-16-17(11-14)27-10-9-26-16/h6-7,11,13,15H,2-5,8-10,12H2,1H3. The van der Waals surface area contributed by atoms with Gasteiger partial charge in [0, 0.05) is 19.5 Å². The summed E-state index contributed by atoms with van der Waals surface area (Å²) in [6.45, 7) is 1.95. The van der Waals surface area contributed by atoms with Crippen molar-refractivity contribution in [2.75, 3.05) is 25.5 Å². The van der Waals surface area contributed by atoms with Gasteiger partial charge in [0.15, 0.2) is 16.7 Å². The van der Waals surface area contributed by atoms with Gasteiger partial charge in [0.05, 0.1) is 11.8 Å². The van der Waals surface area contributed by atoms with Crippen molar-refractivity contribution < 1.29 is 14.3 Å². The van der Waals surface area contributed by atoms with Crippen molar-refractivity contribution in [3.63, 3.8) is 0 Å². The topological polar surface area (TPSA) is 69.5 Å². The zero-order chi connectivity index (χ0) is 19.1. The Labute approximate surface area is 168 Å². The van der Waals surface area contributed by atoms with Gasteiger partial charge >= 0.3 is 0 Å². The van der Waals surface area contributed by atoms with Gasteiger partial charge in [0.1, 0.15) is 19.0 Å². The van der Waals surface area contributed by atoms with Gasteiger partial charge < -0.3 is 18.9 Å². The van der Waals surface area contributed by atoms with Crippen LogP contribution < -0.4 is 9.47 Å². The second kappa shape index (κ2) is 7.31. The summed E-state index contributed by atoms with van der Waals surface area (Å²) in [5.41, 5.74) is 1.12. The third kappa shape index (κ3) is 3.34. The third-order valence-corrected chi connectivity index (χ3v) is 6.66. The maximum absolute atomic E-state index is 12.9. The summed E-state index contributed by atoms with van der Waals surface area (Å²) in [6.07, 6.45) is 4.39. The van der Waals surface area contributed by atoms with Crippen LogP contribution in [0.3, 0.4) is 0 Å². The Hall–Kier alpha value is -2.22. The van der Waals surface area contributed by atoms with Crippen LogP contribution in [0.4, 0.5) is 0 Å². The number of hydrogen-bond acceptors (Lipinski definition) is 6. The van der Waals surface area contributed by atoms with Crippen LogP contribution in [0.5, 0.6) is 11.5 Å². The highest BCUT2D eigenvalue weighted by molar-refractivity contribution is 7.99. The van der Waals surface area contributed by atoms with E-state index in [4.69, 9.17) is 9.47 Å². The van der Waals surface area contributed by atoms with Gasteiger partial charge in [-0.25, -0.2) is 0 Å². The molecule has 2 fully saturated rings. The molecule has 1 aliphatic carbocycles. The summed E-state index contributed by atoms with van der Waals surface area (Å²) in [5.74, 6) is 3.71. The lowest BCUT2D eigenvalue weighted by atomic mass is 10.0. The largest absolute Gasteiger partial charge is 0.486 e. The molecule has 1 saturated heterocycles. The molecular formula is C20H24N4O3S. The normalized spacial score (nSPS) is 21.2. The summed E-state index contributed by atoms with van der Waals surface area (Å²) in [4.78, 5) is 14.9. The minimum absolute atomic E-state index is 0.102. The van der Waals surface area contributed by atoms with Crippen molar-refractivity contribution in [2.24, 2.45) is 7.05 Å². The number of thioether (sulfide) groups is 1. The van der Waals surface area contributed by atoms with Crippen LogP contribution in [0.25, 0.3) is 0 Å². The number of nitrogens with zero attached hydrogens (tertiary/aromatic N) is 4. The fraction of sp³-hybridized carbons (Fsp3) is 0.550. The predicted octanol–water partition coefficient (Wildman–Crippen LogP) is 2.92. The third-order valence-electron chi connectivity index (χ3n) is 5.66. The van der Waals surface area contributed by atoms with Crippen molar-refractivity contribution in [3.8, 4) is 11.5 Å². The molecule has 1 amide bonds. The summed E-state index contributed by atoms with van der Waals surface area (Å²) in [6, 6.07) is 6.15. The molecule has 0 spiro atoms. The number of amides is 1. The number of ether oxygens (including phenoxy) is 2. The van der Waals surface area contributed by atoms with Crippen molar-refractivity contribution >= 4 is 17.7 Å². The number of aromatic nitrogens is 3. The van der Waals surface area contributed by atoms with E-state index < -0.39 is 0 Å². The molecule has 3 aliphatic rings. The van der Waals surface area contributed by atoms with Gasteiger partial charge in [0.25, 0.3) is 0 Å². The highest BCUT2D eigenvalue weighted by Gasteiger charge is 2.32. The molecule has 1 aromatic heterocycles. The minimum atomic E-state index is 0.102. The van der Waals surface area contributed by atoms with Crippen molar-refractivity contribution in [3.05, 3.63) is 29.6 Å². The first-order chi connectivity index (χ1) is 13.7. The van der Waals surface area contributed by atoms with E-state index in [0.29, 0.717) is 24.9 Å². The number of likely N-dealkylation sites (tertiary alicyclic amines) is 1. The van der Waals surface area contributed by atoms with Crippen LogP contribution in [0.2, 0.25) is 0 Å². The predicted molar refractivity (Wildman–Crippen MR) is 105 cm³/mol. The van der Waals surface area contributed by atoms with Crippen LogP contribution in [0.15, 0.2) is 23.4 Å². The van der Waals surface area contributed by atoms with E-state index >= 15 is 0 Å². The molecule has 1 atom stereocenters. The number of carbonyl (C=O) groups is 1. The molecule has 3 heterocycles.